The monoisotopic (exact) mass is 388 g/mol. The van der Waals surface area contributed by atoms with Gasteiger partial charge in [-0.15, -0.1) is 0 Å². The van der Waals surface area contributed by atoms with Crippen molar-refractivity contribution in [3.8, 4) is 5.75 Å². The number of benzene rings is 1. The molecular weight excluding hydrogens is 380 g/mol. The molecule has 6 nitrogen and oxygen atoms in total. The third-order valence-corrected chi connectivity index (χ3v) is 3.97. The highest BCUT2D eigenvalue weighted by molar-refractivity contribution is 9.11. The van der Waals surface area contributed by atoms with Gasteiger partial charge in [-0.1, -0.05) is 21.0 Å². The molecule has 0 saturated carbocycles. The van der Waals surface area contributed by atoms with E-state index < -0.39 is 0 Å². The summed E-state index contributed by atoms with van der Waals surface area (Å²) in [7, 11) is 0. The molecule has 8 heteroatoms. The largest absolute Gasteiger partial charge is 0.505 e. The molecule has 1 atom stereocenters. The molecule has 1 aromatic rings. The van der Waals surface area contributed by atoms with E-state index in [4.69, 9.17) is 5.53 Å². The Hall–Kier alpha value is -1.24. The van der Waals surface area contributed by atoms with Gasteiger partial charge in [0, 0.05) is 28.9 Å². The molecule has 2 rings (SSSR count). The quantitative estimate of drug-likeness (QED) is 0.486. The van der Waals surface area contributed by atoms with Gasteiger partial charge in [0.15, 0.2) is 5.75 Å². The van der Waals surface area contributed by atoms with Crippen LogP contribution < -0.4 is 4.90 Å². The average molecular weight is 390 g/mol. The maximum Gasteiger partial charge on any atom is 0.227 e. The van der Waals surface area contributed by atoms with Gasteiger partial charge in [0.2, 0.25) is 5.91 Å². The lowest BCUT2D eigenvalue weighted by Gasteiger charge is -2.19. The van der Waals surface area contributed by atoms with Gasteiger partial charge in [-0.3, -0.25) is 4.79 Å². The fourth-order valence-corrected chi connectivity index (χ4v) is 3.25. The molecule has 0 aromatic heterocycles. The number of carbonyl (C=O) groups is 1. The number of phenolic OH excluding ortho intramolecular Hbond substituents is 1. The lowest BCUT2D eigenvalue weighted by molar-refractivity contribution is -0.117. The van der Waals surface area contributed by atoms with Gasteiger partial charge in [-0.2, -0.15) is 0 Å². The summed E-state index contributed by atoms with van der Waals surface area (Å²) in [4.78, 5) is 16.2. The highest BCUT2D eigenvalue weighted by Crippen LogP contribution is 2.40. The predicted molar refractivity (Wildman–Crippen MR) is 78.0 cm³/mol. The zero-order valence-electron chi connectivity index (χ0n) is 9.75. The molecule has 19 heavy (non-hydrogen) atoms. The first-order valence-electron chi connectivity index (χ1n) is 5.52. The highest BCUT2D eigenvalue weighted by atomic mass is 79.9. The molecule has 1 N–H and O–H groups in total. The normalized spacial score (nSPS) is 18.5. The summed E-state index contributed by atoms with van der Waals surface area (Å²) >= 11 is 6.56. The van der Waals surface area contributed by atoms with E-state index >= 15 is 0 Å². The molecule has 1 unspecified atom stereocenters. The Morgan fingerprint density at radius 3 is 2.95 bits per heavy atom. The van der Waals surface area contributed by atoms with E-state index in [1.54, 1.807) is 12.1 Å². The number of halogens is 2. The number of aromatic hydroxyl groups is 1. The number of hydrogen-bond acceptors (Lipinski definition) is 3. The summed E-state index contributed by atoms with van der Waals surface area (Å²) in [5.41, 5.74) is 8.75. The summed E-state index contributed by atoms with van der Waals surface area (Å²) in [6.07, 6.45) is 0.322. The number of nitrogens with zero attached hydrogens (tertiary/aromatic N) is 4. The van der Waals surface area contributed by atoms with Gasteiger partial charge in [-0.25, -0.2) is 0 Å². The van der Waals surface area contributed by atoms with Crippen LogP contribution in [-0.2, 0) is 4.79 Å². The van der Waals surface area contributed by atoms with Crippen LogP contribution in [0, 0.1) is 5.92 Å². The summed E-state index contributed by atoms with van der Waals surface area (Å²) in [5, 5.41) is 13.5. The molecule has 1 aromatic carbocycles. The van der Waals surface area contributed by atoms with Crippen LogP contribution in [-0.4, -0.2) is 24.1 Å². The van der Waals surface area contributed by atoms with Crippen LogP contribution >= 0.6 is 31.9 Å². The minimum Gasteiger partial charge on any atom is -0.505 e. The van der Waals surface area contributed by atoms with E-state index in [0.29, 0.717) is 23.1 Å². The van der Waals surface area contributed by atoms with Crippen molar-refractivity contribution in [1.82, 2.24) is 0 Å². The van der Waals surface area contributed by atoms with Crippen LogP contribution in [0.25, 0.3) is 10.4 Å². The Morgan fingerprint density at radius 1 is 1.53 bits per heavy atom. The maximum atomic E-state index is 12.0. The molecule has 0 aliphatic carbocycles. The second-order valence-corrected chi connectivity index (χ2v) is 6.01. The van der Waals surface area contributed by atoms with Gasteiger partial charge in [0.1, 0.15) is 0 Å². The number of carbonyl (C=O) groups excluding carboxylic acids is 1. The van der Waals surface area contributed by atoms with Crippen molar-refractivity contribution in [2.75, 3.05) is 18.0 Å². The van der Waals surface area contributed by atoms with E-state index in [1.807, 2.05) is 0 Å². The third kappa shape index (κ3) is 3.02. The lowest BCUT2D eigenvalue weighted by Crippen LogP contribution is -2.24. The number of hydrogen-bond donors (Lipinski definition) is 1. The molecule has 1 heterocycles. The Balaban J connectivity index is 2.28. The highest BCUT2D eigenvalue weighted by Gasteiger charge is 2.32. The van der Waals surface area contributed by atoms with Crippen LogP contribution in [0.4, 0.5) is 5.69 Å². The maximum absolute atomic E-state index is 12.0. The van der Waals surface area contributed by atoms with Crippen molar-refractivity contribution in [3.05, 3.63) is 31.5 Å². The van der Waals surface area contributed by atoms with Crippen molar-refractivity contribution in [2.24, 2.45) is 11.0 Å². The second-order valence-electron chi connectivity index (χ2n) is 4.24. The Labute approximate surface area is 126 Å². The van der Waals surface area contributed by atoms with Crippen LogP contribution in [0.1, 0.15) is 6.42 Å². The fraction of sp³-hybridized carbons (Fsp3) is 0.364. The molecule has 1 fully saturated rings. The van der Waals surface area contributed by atoms with Gasteiger partial charge in [-0.05, 0) is 39.5 Å². The lowest BCUT2D eigenvalue weighted by atomic mass is 10.1. The first-order valence-corrected chi connectivity index (χ1v) is 7.10. The minimum absolute atomic E-state index is 0.0134. The van der Waals surface area contributed by atoms with Crippen molar-refractivity contribution >= 4 is 43.5 Å². The molecule has 1 aliphatic rings. The van der Waals surface area contributed by atoms with Gasteiger partial charge in [0.25, 0.3) is 0 Å². The smallest absolute Gasteiger partial charge is 0.227 e. The van der Waals surface area contributed by atoms with Gasteiger partial charge < -0.3 is 10.0 Å². The standard InChI is InChI=1S/C11H10Br2N4O2/c12-7-2-8(13)11(19)9(3-7)17-5-6(1-10(17)18)4-15-16-14/h2-3,6,19H,1,4-5H2. The van der Waals surface area contributed by atoms with Gasteiger partial charge >= 0.3 is 0 Å². The number of azide groups is 1. The number of rotatable bonds is 3. The Bertz CT molecular complexity index is 572. The summed E-state index contributed by atoms with van der Waals surface area (Å²) in [6, 6.07) is 3.39. The van der Waals surface area contributed by atoms with Crippen LogP contribution in [0.2, 0.25) is 0 Å². The SMILES string of the molecule is [N-]=[N+]=NCC1CC(=O)N(c2cc(Br)cc(Br)c2O)C1. The predicted octanol–water partition coefficient (Wildman–Crippen LogP) is 3.58. The molecule has 1 aliphatic heterocycles. The molecule has 1 saturated heterocycles. The Morgan fingerprint density at radius 2 is 2.26 bits per heavy atom. The molecule has 0 bridgehead atoms. The van der Waals surface area contributed by atoms with E-state index in [0.717, 1.165) is 4.47 Å². The zero-order chi connectivity index (χ0) is 14.0. The summed E-state index contributed by atoms with van der Waals surface area (Å²) in [6.45, 7) is 0.725. The summed E-state index contributed by atoms with van der Waals surface area (Å²) in [5.74, 6) is -0.0695. The third-order valence-electron chi connectivity index (χ3n) is 2.91. The first kappa shape index (κ1) is 14.2. The number of anilines is 1. The van der Waals surface area contributed by atoms with E-state index in [1.165, 1.54) is 4.90 Å². The minimum atomic E-state index is -0.0848. The molecule has 100 valence electrons. The fourth-order valence-electron chi connectivity index (χ4n) is 2.05. The van der Waals surface area contributed by atoms with E-state index in [9.17, 15) is 9.90 Å². The van der Waals surface area contributed by atoms with Crippen molar-refractivity contribution < 1.29 is 9.90 Å². The Kier molecular flexibility index (Phi) is 4.34. The average Bonchev–Trinajstić information content (AvgIpc) is 2.72. The topological polar surface area (TPSA) is 89.3 Å². The van der Waals surface area contributed by atoms with Crippen molar-refractivity contribution in [2.45, 2.75) is 6.42 Å². The summed E-state index contributed by atoms with van der Waals surface area (Å²) < 4.78 is 1.28. The van der Waals surface area contributed by atoms with Crippen LogP contribution in [0.15, 0.2) is 26.2 Å². The molecular formula is C11H10Br2N4O2. The van der Waals surface area contributed by atoms with Crippen LogP contribution in [0.5, 0.6) is 5.75 Å². The van der Waals surface area contributed by atoms with E-state index in [-0.39, 0.29) is 24.1 Å². The molecule has 0 spiro atoms. The zero-order valence-corrected chi connectivity index (χ0v) is 12.9. The van der Waals surface area contributed by atoms with Crippen molar-refractivity contribution in [3.63, 3.8) is 0 Å². The first-order chi connectivity index (χ1) is 9.02. The number of phenols is 1. The molecule has 1 amide bonds. The van der Waals surface area contributed by atoms with E-state index in [2.05, 4.69) is 41.9 Å². The number of amides is 1. The van der Waals surface area contributed by atoms with Crippen molar-refractivity contribution in [1.29, 1.82) is 0 Å². The molecule has 0 radical (unpaired) electrons. The second kappa shape index (κ2) is 5.81. The van der Waals surface area contributed by atoms with Gasteiger partial charge in [0.05, 0.1) is 10.2 Å². The van der Waals surface area contributed by atoms with Crippen LogP contribution in [0.3, 0.4) is 0 Å².